The lowest BCUT2D eigenvalue weighted by molar-refractivity contribution is 0.0552. The van der Waals surface area contributed by atoms with Crippen LogP contribution in [-0.4, -0.2) is 72.4 Å². The number of nitrogens with zero attached hydrogens (tertiary/aromatic N) is 8. The summed E-state index contributed by atoms with van der Waals surface area (Å²) in [6, 6.07) is 12.7. The number of carbonyl (C=O) groups excluding carboxylic acids is 1. The van der Waals surface area contributed by atoms with Crippen LogP contribution in [0.3, 0.4) is 0 Å². The zero-order chi connectivity index (χ0) is 26.6. The molecule has 0 radical (unpaired) electrons. The number of amides is 1. The van der Waals surface area contributed by atoms with Gasteiger partial charge in [0.1, 0.15) is 16.6 Å². The predicted molar refractivity (Wildman–Crippen MR) is 145 cm³/mol. The van der Waals surface area contributed by atoms with Crippen molar-refractivity contribution in [3.8, 4) is 11.3 Å². The van der Waals surface area contributed by atoms with Crippen LogP contribution in [0, 0.1) is 12.8 Å². The number of rotatable bonds is 5. The Kier molecular flexibility index (Phi) is 5.98. The Hall–Kier alpha value is -4.05. The van der Waals surface area contributed by atoms with Crippen molar-refractivity contribution in [3.05, 3.63) is 59.5 Å². The largest absolute Gasteiger partial charge is 0.381 e. The summed E-state index contributed by atoms with van der Waals surface area (Å²) in [5.74, 6) is 0.182. The fourth-order valence-corrected chi connectivity index (χ4v) is 5.89. The van der Waals surface area contributed by atoms with Crippen LogP contribution < -0.4 is 0 Å². The Balaban J connectivity index is 1.73. The van der Waals surface area contributed by atoms with Crippen molar-refractivity contribution in [1.82, 2.24) is 39.2 Å². The van der Waals surface area contributed by atoms with Gasteiger partial charge in [0, 0.05) is 53.2 Å². The number of aromatic nitrogens is 7. The van der Waals surface area contributed by atoms with Gasteiger partial charge in [-0.15, -0.1) is 5.10 Å². The summed E-state index contributed by atoms with van der Waals surface area (Å²) in [6.45, 7) is 3.39. The monoisotopic (exact) mass is 512 g/mol. The van der Waals surface area contributed by atoms with Crippen molar-refractivity contribution in [2.45, 2.75) is 25.8 Å². The Morgan fingerprint density at radius 3 is 2.47 bits per heavy atom. The van der Waals surface area contributed by atoms with Crippen LogP contribution in [-0.2, 0) is 18.8 Å². The van der Waals surface area contributed by atoms with Crippen LogP contribution >= 0.6 is 0 Å². The molecule has 196 valence electrons. The molecule has 1 amide bonds. The summed E-state index contributed by atoms with van der Waals surface area (Å²) < 4.78 is 11.6. The average Bonchev–Trinajstić information content (AvgIpc) is 3.56. The minimum atomic E-state index is -0.134. The maximum Gasteiger partial charge on any atom is 0.276 e. The summed E-state index contributed by atoms with van der Waals surface area (Å²) >= 11 is 0. The molecule has 0 saturated carbocycles. The van der Waals surface area contributed by atoms with E-state index in [2.05, 4.69) is 45.2 Å². The third-order valence-corrected chi connectivity index (χ3v) is 7.62. The summed E-state index contributed by atoms with van der Waals surface area (Å²) in [4.78, 5) is 20.0. The van der Waals surface area contributed by atoms with Crippen LogP contribution in [0.15, 0.2) is 42.6 Å². The molecule has 6 rings (SSSR count). The Morgan fingerprint density at radius 2 is 1.82 bits per heavy atom. The lowest BCUT2D eigenvalue weighted by atomic mass is 9.86. The molecule has 0 aliphatic carbocycles. The molecule has 1 aliphatic heterocycles. The molecule has 1 aromatic carbocycles. The smallest absolute Gasteiger partial charge is 0.276 e. The second-order valence-corrected chi connectivity index (χ2v) is 10.3. The van der Waals surface area contributed by atoms with Crippen molar-refractivity contribution >= 4 is 28.0 Å². The van der Waals surface area contributed by atoms with Crippen molar-refractivity contribution in [2.24, 2.45) is 20.0 Å². The van der Waals surface area contributed by atoms with Crippen molar-refractivity contribution in [3.63, 3.8) is 0 Å². The minimum Gasteiger partial charge on any atom is -0.381 e. The van der Waals surface area contributed by atoms with Gasteiger partial charge in [-0.2, -0.15) is 5.10 Å². The van der Waals surface area contributed by atoms with Gasteiger partial charge < -0.3 is 14.2 Å². The van der Waals surface area contributed by atoms with E-state index in [4.69, 9.17) is 14.8 Å². The molecule has 0 N–H and O–H groups in total. The van der Waals surface area contributed by atoms with Gasteiger partial charge >= 0.3 is 0 Å². The quantitative estimate of drug-likeness (QED) is 0.356. The van der Waals surface area contributed by atoms with E-state index < -0.39 is 0 Å². The molecule has 38 heavy (non-hydrogen) atoms. The summed E-state index contributed by atoms with van der Waals surface area (Å²) in [7, 11) is 7.30. The van der Waals surface area contributed by atoms with Gasteiger partial charge in [0.25, 0.3) is 5.91 Å². The molecule has 5 heterocycles. The summed E-state index contributed by atoms with van der Waals surface area (Å²) in [6.07, 6.45) is 3.72. The normalized spacial score (nSPS) is 15.4. The first-order valence-corrected chi connectivity index (χ1v) is 12.9. The molecular formula is C28H32N8O2. The number of fused-ring (bicyclic) bond motifs is 3. The number of ether oxygens (including phenoxy) is 1. The number of carbonyl (C=O) groups is 1. The first kappa shape index (κ1) is 24.3. The lowest BCUT2D eigenvalue weighted by Gasteiger charge is -2.33. The van der Waals surface area contributed by atoms with E-state index in [-0.39, 0.29) is 11.9 Å². The van der Waals surface area contributed by atoms with Crippen LogP contribution in [0.25, 0.3) is 33.3 Å². The molecular weight excluding hydrogens is 480 g/mol. The van der Waals surface area contributed by atoms with Crippen LogP contribution in [0.4, 0.5) is 0 Å². The van der Waals surface area contributed by atoms with Crippen LogP contribution in [0.5, 0.6) is 0 Å². The molecule has 5 aromatic rings. The SMILES string of the molecule is Cc1nnn(C)c1-c1cnc2c3c(c(C(=O)N(C)C)nn3C)n(C(c3ccccc3)C3CCOCC3)c2c1. The topological polar surface area (TPSA) is 95.9 Å². The van der Waals surface area contributed by atoms with Gasteiger partial charge in [-0.1, -0.05) is 35.5 Å². The third-order valence-electron chi connectivity index (χ3n) is 7.62. The first-order valence-electron chi connectivity index (χ1n) is 12.9. The lowest BCUT2D eigenvalue weighted by Crippen LogP contribution is -2.28. The minimum absolute atomic E-state index is 0.0270. The van der Waals surface area contributed by atoms with Crippen molar-refractivity contribution < 1.29 is 9.53 Å². The summed E-state index contributed by atoms with van der Waals surface area (Å²) in [5, 5.41) is 13.2. The Bertz CT molecular complexity index is 1620. The van der Waals surface area contributed by atoms with E-state index in [1.54, 1.807) is 28.4 Å². The fraction of sp³-hybridized carbons (Fsp3) is 0.393. The highest BCUT2D eigenvalue weighted by molar-refractivity contribution is 6.13. The van der Waals surface area contributed by atoms with Crippen molar-refractivity contribution in [1.29, 1.82) is 0 Å². The van der Waals surface area contributed by atoms with Gasteiger partial charge in [-0.25, -0.2) is 4.68 Å². The molecule has 1 aliphatic rings. The summed E-state index contributed by atoms with van der Waals surface area (Å²) in [5.41, 5.74) is 7.74. The molecule has 10 nitrogen and oxygen atoms in total. The highest BCUT2D eigenvalue weighted by Gasteiger charge is 2.34. The molecule has 1 fully saturated rings. The van der Waals surface area contributed by atoms with E-state index in [0.29, 0.717) is 11.6 Å². The number of benzene rings is 1. The molecule has 0 spiro atoms. The van der Waals surface area contributed by atoms with Gasteiger partial charge in [0.05, 0.1) is 22.9 Å². The van der Waals surface area contributed by atoms with Crippen LogP contribution in [0.1, 0.15) is 40.6 Å². The fourth-order valence-electron chi connectivity index (χ4n) is 5.89. The standard InChI is InChI=1S/C28H32N8O2/c1-17-24(35(5)32-30-17)20-15-21-22(29-16-20)26-27(23(31-34(26)4)28(37)33(2)3)36(21)25(18-9-7-6-8-10-18)19-11-13-38-14-12-19/h6-10,15-16,19,25H,11-14H2,1-5H3. The first-order chi connectivity index (χ1) is 18.4. The molecule has 1 unspecified atom stereocenters. The molecule has 10 heteroatoms. The Morgan fingerprint density at radius 1 is 1.08 bits per heavy atom. The van der Waals surface area contributed by atoms with Gasteiger partial charge in [-0.05, 0) is 37.3 Å². The maximum absolute atomic E-state index is 13.5. The molecule has 1 atom stereocenters. The van der Waals surface area contributed by atoms with Crippen molar-refractivity contribution in [2.75, 3.05) is 27.3 Å². The molecule has 1 saturated heterocycles. The predicted octanol–water partition coefficient (Wildman–Crippen LogP) is 3.74. The van der Waals surface area contributed by atoms with E-state index >= 15 is 0 Å². The number of pyridine rings is 1. The zero-order valence-electron chi connectivity index (χ0n) is 22.4. The van der Waals surface area contributed by atoms with Gasteiger partial charge in [0.2, 0.25) is 0 Å². The van der Waals surface area contributed by atoms with E-state index in [9.17, 15) is 4.79 Å². The van der Waals surface area contributed by atoms with Gasteiger partial charge in [-0.3, -0.25) is 14.5 Å². The molecule has 4 aromatic heterocycles. The van der Waals surface area contributed by atoms with E-state index in [1.807, 2.05) is 33.3 Å². The second kappa shape index (κ2) is 9.36. The maximum atomic E-state index is 13.5. The second-order valence-electron chi connectivity index (χ2n) is 10.3. The van der Waals surface area contributed by atoms with Crippen LogP contribution in [0.2, 0.25) is 0 Å². The van der Waals surface area contributed by atoms with E-state index in [0.717, 1.165) is 65.1 Å². The van der Waals surface area contributed by atoms with E-state index in [1.165, 1.54) is 5.56 Å². The number of hydrogen-bond donors (Lipinski definition) is 0. The zero-order valence-corrected chi connectivity index (χ0v) is 22.4. The third kappa shape index (κ3) is 3.78. The highest BCUT2D eigenvalue weighted by Crippen LogP contribution is 2.42. The Labute approximate surface area is 220 Å². The number of hydrogen-bond acceptors (Lipinski definition) is 6. The van der Waals surface area contributed by atoms with Gasteiger partial charge in [0.15, 0.2) is 5.69 Å². The number of aryl methyl sites for hydroxylation is 3. The molecule has 0 bridgehead atoms. The highest BCUT2D eigenvalue weighted by atomic mass is 16.5. The average molecular weight is 513 g/mol.